The zero-order valence-corrected chi connectivity index (χ0v) is 17.8. The van der Waals surface area contributed by atoms with E-state index in [0.717, 1.165) is 28.3 Å². The number of rotatable bonds is 7. The van der Waals surface area contributed by atoms with Crippen molar-refractivity contribution in [2.24, 2.45) is 0 Å². The lowest BCUT2D eigenvalue weighted by molar-refractivity contribution is -0.122. The Bertz CT molecular complexity index is 1100. The number of nitrogens with zero attached hydrogens (tertiary/aromatic N) is 1. The molecule has 0 aliphatic heterocycles. The lowest BCUT2D eigenvalue weighted by atomic mass is 10.1. The van der Waals surface area contributed by atoms with Crippen LogP contribution in [0.1, 0.15) is 38.8 Å². The molecule has 1 heterocycles. The van der Waals surface area contributed by atoms with Crippen molar-refractivity contribution in [3.63, 3.8) is 0 Å². The zero-order chi connectivity index (χ0) is 21.8. The average Bonchev–Trinajstić information content (AvgIpc) is 3.34. The highest BCUT2D eigenvalue weighted by atomic mass is 32.1. The zero-order valence-electron chi connectivity index (χ0n) is 17.0. The van der Waals surface area contributed by atoms with Gasteiger partial charge in [-0.15, -0.1) is 11.3 Å². The number of carbonyl (C=O) groups is 2. The summed E-state index contributed by atoms with van der Waals surface area (Å²) in [5.41, 5.74) is 2.17. The maximum absolute atomic E-state index is 13.0. The summed E-state index contributed by atoms with van der Waals surface area (Å²) in [7, 11) is 1.63. The predicted molar refractivity (Wildman–Crippen MR) is 117 cm³/mol. The van der Waals surface area contributed by atoms with Crippen LogP contribution in [0.15, 0.2) is 48.5 Å². The lowest BCUT2D eigenvalue weighted by Gasteiger charge is -2.11. The number of anilines is 1. The summed E-state index contributed by atoms with van der Waals surface area (Å²) in [5, 5.41) is 6.19. The first kappa shape index (κ1) is 21.0. The van der Waals surface area contributed by atoms with Crippen molar-refractivity contribution in [3.8, 4) is 5.75 Å². The molecule has 4 rings (SSSR count). The van der Waals surface area contributed by atoms with Crippen LogP contribution < -0.4 is 15.4 Å². The summed E-state index contributed by atoms with van der Waals surface area (Å²) in [6, 6.07) is 13.1. The van der Waals surface area contributed by atoms with E-state index in [2.05, 4.69) is 15.6 Å². The van der Waals surface area contributed by atoms with E-state index in [9.17, 15) is 14.0 Å². The van der Waals surface area contributed by atoms with Gasteiger partial charge < -0.3 is 10.1 Å². The number of thiazole rings is 1. The number of aryl methyl sites for hydroxylation is 1. The molecule has 160 valence electrons. The second kappa shape index (κ2) is 9.26. The number of hydrogen-bond donors (Lipinski definition) is 2. The van der Waals surface area contributed by atoms with Gasteiger partial charge in [0.15, 0.2) is 5.13 Å². The third-order valence-electron chi connectivity index (χ3n) is 5.21. The quantitative estimate of drug-likeness (QED) is 0.585. The molecule has 6 nitrogen and oxygen atoms in total. The summed E-state index contributed by atoms with van der Waals surface area (Å²) < 4.78 is 18.3. The molecule has 0 radical (unpaired) electrons. The van der Waals surface area contributed by atoms with E-state index in [0.29, 0.717) is 30.1 Å². The summed E-state index contributed by atoms with van der Waals surface area (Å²) in [6.45, 7) is 0.524. The van der Waals surface area contributed by atoms with Gasteiger partial charge in [0.05, 0.1) is 18.7 Å². The molecule has 1 aliphatic carbocycles. The molecular formula is C23H22FN3O3S. The van der Waals surface area contributed by atoms with Crippen molar-refractivity contribution in [2.45, 2.75) is 25.2 Å². The van der Waals surface area contributed by atoms with Gasteiger partial charge in [-0.05, 0) is 61.2 Å². The van der Waals surface area contributed by atoms with Crippen molar-refractivity contribution in [1.29, 1.82) is 0 Å². The average molecular weight is 440 g/mol. The van der Waals surface area contributed by atoms with Gasteiger partial charge in [0.2, 0.25) is 5.91 Å². The molecule has 2 amide bonds. The molecule has 1 aromatic heterocycles. The predicted octanol–water partition coefficient (Wildman–Crippen LogP) is 3.93. The summed E-state index contributed by atoms with van der Waals surface area (Å²) in [5.74, 6) is -0.324. The van der Waals surface area contributed by atoms with Crippen molar-refractivity contribution in [3.05, 3.63) is 76.0 Å². The van der Waals surface area contributed by atoms with Gasteiger partial charge in [0, 0.05) is 17.0 Å². The number of ether oxygens (including phenoxy) is 1. The second-order valence-electron chi connectivity index (χ2n) is 7.27. The Morgan fingerprint density at radius 2 is 2.03 bits per heavy atom. The molecule has 0 unspecified atom stereocenters. The van der Waals surface area contributed by atoms with E-state index in [-0.39, 0.29) is 17.7 Å². The Labute approximate surface area is 183 Å². The van der Waals surface area contributed by atoms with Gasteiger partial charge in [-0.2, -0.15) is 0 Å². The highest BCUT2D eigenvalue weighted by Gasteiger charge is 2.32. The van der Waals surface area contributed by atoms with Crippen molar-refractivity contribution < 1.29 is 18.7 Å². The monoisotopic (exact) mass is 439 g/mol. The van der Waals surface area contributed by atoms with Crippen LogP contribution in [0, 0.1) is 5.82 Å². The first-order valence-corrected chi connectivity index (χ1v) is 10.8. The number of halogens is 1. The Morgan fingerprint density at radius 3 is 2.81 bits per heavy atom. The normalized spacial score (nSPS) is 14.7. The third-order valence-corrected chi connectivity index (χ3v) is 6.25. The van der Waals surface area contributed by atoms with Gasteiger partial charge in [0.25, 0.3) is 5.91 Å². The molecule has 0 saturated heterocycles. The molecule has 0 bridgehead atoms. The standard InChI is InChI=1S/C23H22FN3O3S/c1-30-17-4-2-3-14(13-17)11-12-25-22(29)18-9-10-19-20(18)26-23(31-19)27-21(28)15-5-7-16(24)8-6-15/h2-8,13,18H,9-12H2,1H3,(H,25,29)(H,26,27,28)/t18-/m0/s1. The first-order valence-electron chi connectivity index (χ1n) is 10.0. The first-order chi connectivity index (χ1) is 15.0. The Hall–Kier alpha value is -3.26. The van der Waals surface area contributed by atoms with E-state index in [4.69, 9.17) is 4.74 Å². The van der Waals surface area contributed by atoms with Gasteiger partial charge in [-0.1, -0.05) is 12.1 Å². The molecule has 8 heteroatoms. The minimum absolute atomic E-state index is 0.0524. The van der Waals surface area contributed by atoms with E-state index in [1.54, 1.807) is 7.11 Å². The SMILES string of the molecule is COc1cccc(CCNC(=O)[C@H]2CCc3sc(NC(=O)c4ccc(F)cc4)nc32)c1. The van der Waals surface area contributed by atoms with Gasteiger partial charge in [-0.25, -0.2) is 9.37 Å². The fraction of sp³-hybridized carbons (Fsp3) is 0.261. The fourth-order valence-corrected chi connectivity index (χ4v) is 4.62. The van der Waals surface area contributed by atoms with Crippen LogP contribution in [0.3, 0.4) is 0 Å². The molecule has 2 N–H and O–H groups in total. The van der Waals surface area contributed by atoms with E-state index >= 15 is 0 Å². The van der Waals surface area contributed by atoms with Gasteiger partial charge in [-0.3, -0.25) is 14.9 Å². The fourth-order valence-electron chi connectivity index (χ4n) is 3.59. The number of fused-ring (bicyclic) bond motifs is 1. The highest BCUT2D eigenvalue weighted by Crippen LogP contribution is 2.38. The number of benzene rings is 2. The number of nitrogens with one attached hydrogen (secondary N) is 2. The Morgan fingerprint density at radius 1 is 1.23 bits per heavy atom. The number of aromatic nitrogens is 1. The number of carbonyl (C=O) groups excluding carboxylic acids is 2. The molecular weight excluding hydrogens is 417 g/mol. The number of methoxy groups -OCH3 is 1. The van der Waals surface area contributed by atoms with Gasteiger partial charge >= 0.3 is 0 Å². The molecule has 0 saturated carbocycles. The molecule has 0 spiro atoms. The van der Waals surface area contributed by atoms with Crippen LogP contribution in [0.25, 0.3) is 0 Å². The van der Waals surface area contributed by atoms with Gasteiger partial charge in [0.1, 0.15) is 11.6 Å². The van der Waals surface area contributed by atoms with Crippen molar-refractivity contribution in [2.75, 3.05) is 19.0 Å². The maximum atomic E-state index is 13.0. The molecule has 3 aromatic rings. The van der Waals surface area contributed by atoms with Crippen LogP contribution in [-0.4, -0.2) is 30.5 Å². The third kappa shape index (κ3) is 4.91. The van der Waals surface area contributed by atoms with E-state index < -0.39 is 5.82 Å². The van der Waals surface area contributed by atoms with Crippen molar-refractivity contribution in [1.82, 2.24) is 10.3 Å². The van der Waals surface area contributed by atoms with Crippen molar-refractivity contribution >= 4 is 28.3 Å². The molecule has 0 fully saturated rings. The lowest BCUT2D eigenvalue weighted by Crippen LogP contribution is -2.30. The van der Waals surface area contributed by atoms with Crippen LogP contribution in [0.2, 0.25) is 0 Å². The molecule has 1 aliphatic rings. The smallest absolute Gasteiger partial charge is 0.257 e. The topological polar surface area (TPSA) is 80.3 Å². The van der Waals surface area contributed by atoms with Crippen LogP contribution in [0.5, 0.6) is 5.75 Å². The summed E-state index contributed by atoms with van der Waals surface area (Å²) >= 11 is 1.38. The Kier molecular flexibility index (Phi) is 6.27. The largest absolute Gasteiger partial charge is 0.497 e. The highest BCUT2D eigenvalue weighted by molar-refractivity contribution is 7.16. The minimum atomic E-state index is -0.398. The minimum Gasteiger partial charge on any atom is -0.497 e. The second-order valence-corrected chi connectivity index (χ2v) is 8.36. The Balaban J connectivity index is 1.34. The van der Waals surface area contributed by atoms with E-state index in [1.165, 1.54) is 35.6 Å². The van der Waals surface area contributed by atoms with E-state index in [1.807, 2.05) is 24.3 Å². The summed E-state index contributed by atoms with van der Waals surface area (Å²) in [6.07, 6.45) is 2.18. The van der Waals surface area contributed by atoms with Crippen LogP contribution in [0.4, 0.5) is 9.52 Å². The molecule has 2 aromatic carbocycles. The van der Waals surface area contributed by atoms with Crippen LogP contribution in [-0.2, 0) is 17.6 Å². The summed E-state index contributed by atoms with van der Waals surface area (Å²) in [4.78, 5) is 30.6. The molecule has 31 heavy (non-hydrogen) atoms. The van der Waals surface area contributed by atoms with Crippen LogP contribution >= 0.6 is 11.3 Å². The maximum Gasteiger partial charge on any atom is 0.257 e. The number of amides is 2. The molecule has 1 atom stereocenters. The number of hydrogen-bond acceptors (Lipinski definition) is 5.